The molecule has 1 amide bonds. The molecule has 0 radical (unpaired) electrons. The van der Waals surface area contributed by atoms with Crippen LogP contribution in [0.5, 0.6) is 0 Å². The van der Waals surface area contributed by atoms with Crippen LogP contribution in [0.4, 0.5) is 0 Å². The van der Waals surface area contributed by atoms with Crippen molar-refractivity contribution >= 4 is 15.7 Å². The van der Waals surface area contributed by atoms with E-state index in [4.69, 9.17) is 0 Å². The van der Waals surface area contributed by atoms with Crippen LogP contribution >= 0.6 is 0 Å². The van der Waals surface area contributed by atoms with Gasteiger partial charge in [-0.3, -0.25) is 9.78 Å². The minimum atomic E-state index is -3.13. The average molecular weight is 318 g/mol. The van der Waals surface area contributed by atoms with Gasteiger partial charge in [-0.25, -0.2) is 8.42 Å². The number of benzene rings is 1. The lowest BCUT2D eigenvalue weighted by Crippen LogP contribution is -2.26. The van der Waals surface area contributed by atoms with Gasteiger partial charge < -0.3 is 5.32 Å². The molecule has 0 bridgehead atoms. The molecule has 5 nitrogen and oxygen atoms in total. The molecule has 0 aliphatic rings. The largest absolute Gasteiger partial charge is 0.345 e. The van der Waals surface area contributed by atoms with Crippen LogP contribution in [0.2, 0.25) is 0 Å². The van der Waals surface area contributed by atoms with Gasteiger partial charge in [0.2, 0.25) is 0 Å². The third-order valence-electron chi connectivity index (χ3n) is 3.15. The zero-order chi connectivity index (χ0) is 16.2. The van der Waals surface area contributed by atoms with Crippen molar-refractivity contribution in [3.05, 3.63) is 65.5 Å². The first-order valence-electron chi connectivity index (χ1n) is 6.82. The Kier molecular flexibility index (Phi) is 4.92. The molecule has 0 spiro atoms. The van der Waals surface area contributed by atoms with Crippen LogP contribution in [0.3, 0.4) is 0 Å². The Morgan fingerprint density at radius 2 is 2.05 bits per heavy atom. The first-order chi connectivity index (χ1) is 10.3. The van der Waals surface area contributed by atoms with Gasteiger partial charge in [0, 0.05) is 24.2 Å². The second kappa shape index (κ2) is 6.70. The number of hydrogen-bond acceptors (Lipinski definition) is 4. The number of hydrogen-bond donors (Lipinski definition) is 1. The molecule has 1 atom stereocenters. The maximum atomic E-state index is 12.3. The highest BCUT2D eigenvalue weighted by atomic mass is 32.2. The van der Waals surface area contributed by atoms with Crippen molar-refractivity contribution in [2.45, 2.75) is 18.7 Å². The van der Waals surface area contributed by atoms with E-state index in [1.165, 1.54) is 6.26 Å². The lowest BCUT2D eigenvalue weighted by atomic mass is 10.1. The van der Waals surface area contributed by atoms with Crippen molar-refractivity contribution in [3.63, 3.8) is 0 Å². The summed E-state index contributed by atoms with van der Waals surface area (Å²) in [4.78, 5) is 16.3. The van der Waals surface area contributed by atoms with Crippen LogP contribution < -0.4 is 5.32 Å². The monoisotopic (exact) mass is 318 g/mol. The quantitative estimate of drug-likeness (QED) is 0.916. The number of amides is 1. The Labute approximate surface area is 130 Å². The fraction of sp³-hybridized carbons (Fsp3) is 0.250. The predicted octanol–water partition coefficient (Wildman–Crippen LogP) is 2.12. The average Bonchev–Trinajstić information content (AvgIpc) is 2.46. The molecular weight excluding hydrogens is 300 g/mol. The highest BCUT2D eigenvalue weighted by Crippen LogP contribution is 2.13. The molecule has 0 saturated carbocycles. The molecule has 2 aromatic rings. The highest BCUT2D eigenvalue weighted by Gasteiger charge is 2.13. The second-order valence-corrected chi connectivity index (χ2v) is 7.39. The van der Waals surface area contributed by atoms with Crippen LogP contribution in [0.15, 0.2) is 48.8 Å². The number of nitrogens with one attached hydrogen (secondary N) is 1. The molecule has 0 aliphatic carbocycles. The minimum Gasteiger partial charge on any atom is -0.345 e. The summed E-state index contributed by atoms with van der Waals surface area (Å²) in [7, 11) is -3.13. The molecule has 116 valence electrons. The van der Waals surface area contributed by atoms with Gasteiger partial charge in [0.15, 0.2) is 9.84 Å². The van der Waals surface area contributed by atoms with Crippen molar-refractivity contribution in [3.8, 4) is 0 Å². The lowest BCUT2D eigenvalue weighted by molar-refractivity contribution is 0.0939. The summed E-state index contributed by atoms with van der Waals surface area (Å²) >= 11 is 0. The molecule has 1 aromatic heterocycles. The molecule has 6 heteroatoms. The van der Waals surface area contributed by atoms with Gasteiger partial charge in [0.05, 0.1) is 11.8 Å². The molecule has 1 aromatic carbocycles. The van der Waals surface area contributed by atoms with E-state index in [1.807, 2.05) is 19.1 Å². The van der Waals surface area contributed by atoms with E-state index < -0.39 is 9.84 Å². The van der Waals surface area contributed by atoms with E-state index in [0.717, 1.165) is 5.56 Å². The van der Waals surface area contributed by atoms with Crippen molar-refractivity contribution in [1.29, 1.82) is 0 Å². The fourth-order valence-corrected chi connectivity index (χ4v) is 2.89. The third-order valence-corrected chi connectivity index (χ3v) is 4.01. The molecule has 1 unspecified atom stereocenters. The van der Waals surface area contributed by atoms with Gasteiger partial charge in [0.1, 0.15) is 0 Å². The fourth-order valence-electron chi connectivity index (χ4n) is 2.10. The zero-order valence-electron chi connectivity index (χ0n) is 12.5. The standard InChI is InChI=1S/C16H18N2O3S/c1-12(15-7-4-8-17-10-15)18-16(19)14-6-3-5-13(9-14)11-22(2,20)21/h3-10,12H,11H2,1-2H3,(H,18,19). The number of carbonyl (C=O) groups excluding carboxylic acids is 1. The SMILES string of the molecule is CC(NC(=O)c1cccc(CS(C)(=O)=O)c1)c1cccnc1. The summed E-state index contributed by atoms with van der Waals surface area (Å²) in [5.74, 6) is -0.321. The van der Waals surface area contributed by atoms with Crippen LogP contribution in [0.25, 0.3) is 0 Å². The van der Waals surface area contributed by atoms with Gasteiger partial charge in [0.25, 0.3) is 5.91 Å². The van der Waals surface area contributed by atoms with Gasteiger partial charge in [-0.1, -0.05) is 18.2 Å². The molecule has 1 N–H and O–H groups in total. The molecule has 0 aliphatic heterocycles. The zero-order valence-corrected chi connectivity index (χ0v) is 13.3. The molecule has 1 heterocycles. The smallest absolute Gasteiger partial charge is 0.251 e. The summed E-state index contributed by atoms with van der Waals surface area (Å²) < 4.78 is 22.7. The topological polar surface area (TPSA) is 76.1 Å². The Hall–Kier alpha value is -2.21. The van der Waals surface area contributed by atoms with E-state index in [9.17, 15) is 13.2 Å². The van der Waals surface area contributed by atoms with Crippen molar-refractivity contribution in [2.24, 2.45) is 0 Å². The van der Waals surface area contributed by atoms with Gasteiger partial charge >= 0.3 is 0 Å². The molecule has 0 fully saturated rings. The van der Waals surface area contributed by atoms with Crippen LogP contribution in [-0.4, -0.2) is 25.6 Å². The molecular formula is C16H18N2O3S. The normalized spacial score (nSPS) is 12.6. The molecule has 22 heavy (non-hydrogen) atoms. The first-order valence-corrected chi connectivity index (χ1v) is 8.88. The summed E-state index contributed by atoms with van der Waals surface area (Å²) in [6.45, 7) is 1.87. The van der Waals surface area contributed by atoms with Gasteiger partial charge in [-0.2, -0.15) is 0 Å². The first kappa shape index (κ1) is 16.2. The van der Waals surface area contributed by atoms with Gasteiger partial charge in [-0.15, -0.1) is 0 Å². The minimum absolute atomic E-state index is 0.0771. The van der Waals surface area contributed by atoms with Gasteiger partial charge in [-0.05, 0) is 36.2 Å². The van der Waals surface area contributed by atoms with E-state index in [0.29, 0.717) is 11.1 Å². The lowest BCUT2D eigenvalue weighted by Gasteiger charge is -2.14. The Morgan fingerprint density at radius 3 is 2.68 bits per heavy atom. The number of sulfone groups is 1. The van der Waals surface area contributed by atoms with Crippen molar-refractivity contribution < 1.29 is 13.2 Å². The highest BCUT2D eigenvalue weighted by molar-refractivity contribution is 7.89. The van der Waals surface area contributed by atoms with E-state index in [1.54, 1.807) is 36.7 Å². The Morgan fingerprint density at radius 1 is 1.27 bits per heavy atom. The Bertz CT molecular complexity index is 758. The van der Waals surface area contributed by atoms with Crippen molar-refractivity contribution in [1.82, 2.24) is 10.3 Å². The second-order valence-electron chi connectivity index (χ2n) is 5.25. The maximum absolute atomic E-state index is 12.3. The summed E-state index contributed by atoms with van der Waals surface area (Å²) in [5.41, 5.74) is 1.95. The summed E-state index contributed by atoms with van der Waals surface area (Å²) in [6.07, 6.45) is 4.54. The van der Waals surface area contributed by atoms with E-state index >= 15 is 0 Å². The number of pyridine rings is 1. The number of aromatic nitrogens is 1. The van der Waals surface area contributed by atoms with Crippen LogP contribution in [0.1, 0.15) is 34.5 Å². The molecule has 2 rings (SSSR count). The number of nitrogens with zero attached hydrogens (tertiary/aromatic N) is 1. The van der Waals surface area contributed by atoms with E-state index in [-0.39, 0.29) is 17.7 Å². The summed E-state index contributed by atoms with van der Waals surface area (Å²) in [5, 5.41) is 2.87. The predicted molar refractivity (Wildman–Crippen MR) is 85.1 cm³/mol. The number of rotatable bonds is 5. The number of carbonyl (C=O) groups is 1. The van der Waals surface area contributed by atoms with Crippen molar-refractivity contribution in [2.75, 3.05) is 6.26 Å². The van der Waals surface area contributed by atoms with E-state index in [2.05, 4.69) is 10.3 Å². The summed E-state index contributed by atoms with van der Waals surface area (Å²) in [6, 6.07) is 10.2. The Balaban J connectivity index is 2.11. The van der Waals surface area contributed by atoms with Crippen LogP contribution in [0, 0.1) is 0 Å². The van der Waals surface area contributed by atoms with Crippen LogP contribution in [-0.2, 0) is 15.6 Å². The maximum Gasteiger partial charge on any atom is 0.251 e. The third kappa shape index (κ3) is 4.66. The molecule has 0 saturated heterocycles.